The van der Waals surface area contributed by atoms with E-state index in [-0.39, 0.29) is 0 Å². The summed E-state index contributed by atoms with van der Waals surface area (Å²) in [4.78, 5) is 15.3. The highest BCUT2D eigenvalue weighted by Crippen LogP contribution is 2.07. The predicted octanol–water partition coefficient (Wildman–Crippen LogP) is 1.29. The van der Waals surface area contributed by atoms with E-state index in [2.05, 4.69) is 10.3 Å². The third-order valence-electron chi connectivity index (χ3n) is 2.66. The number of carboxylic acids is 1. The molecule has 0 amide bonds. The molecular formula is C12H15N3O2. The van der Waals surface area contributed by atoms with Gasteiger partial charge in [0, 0.05) is 18.9 Å². The lowest BCUT2D eigenvalue weighted by atomic mass is 10.1. The SMILES string of the molecule is CC(C)(NCc1cn2ccccc2n1)C(=O)O. The average Bonchev–Trinajstić information content (AvgIpc) is 2.69. The van der Waals surface area contributed by atoms with Crippen LogP contribution in [0.5, 0.6) is 0 Å². The number of carbonyl (C=O) groups is 1. The van der Waals surface area contributed by atoms with Crippen molar-refractivity contribution in [1.29, 1.82) is 0 Å². The van der Waals surface area contributed by atoms with Gasteiger partial charge in [0.25, 0.3) is 0 Å². The molecule has 2 aromatic rings. The van der Waals surface area contributed by atoms with Crippen molar-refractivity contribution >= 4 is 11.6 Å². The predicted molar refractivity (Wildman–Crippen MR) is 63.7 cm³/mol. The summed E-state index contributed by atoms with van der Waals surface area (Å²) in [6, 6.07) is 5.75. The molecular weight excluding hydrogens is 218 g/mol. The molecule has 0 saturated carbocycles. The number of hydrogen-bond acceptors (Lipinski definition) is 3. The van der Waals surface area contributed by atoms with Crippen LogP contribution >= 0.6 is 0 Å². The highest BCUT2D eigenvalue weighted by molar-refractivity contribution is 5.77. The molecule has 0 aliphatic heterocycles. The standard InChI is InChI=1S/C12H15N3O2/c1-12(2,11(16)17)13-7-9-8-15-6-4-3-5-10(15)14-9/h3-6,8,13H,7H2,1-2H3,(H,16,17). The van der Waals surface area contributed by atoms with E-state index >= 15 is 0 Å². The van der Waals surface area contributed by atoms with Gasteiger partial charge in [0.1, 0.15) is 11.2 Å². The van der Waals surface area contributed by atoms with Gasteiger partial charge >= 0.3 is 5.97 Å². The third-order valence-corrected chi connectivity index (χ3v) is 2.66. The molecule has 0 aliphatic carbocycles. The minimum absolute atomic E-state index is 0.432. The first-order valence-electron chi connectivity index (χ1n) is 5.40. The number of nitrogens with one attached hydrogen (secondary N) is 1. The van der Waals surface area contributed by atoms with Gasteiger partial charge in [-0.05, 0) is 26.0 Å². The Bertz CT molecular complexity index is 512. The monoisotopic (exact) mass is 233 g/mol. The maximum Gasteiger partial charge on any atom is 0.323 e. The number of carboxylic acid groups (broad SMARTS) is 1. The van der Waals surface area contributed by atoms with Crippen LogP contribution < -0.4 is 5.32 Å². The molecule has 0 aromatic carbocycles. The molecule has 0 atom stereocenters. The van der Waals surface area contributed by atoms with Gasteiger partial charge in [0.05, 0.1) is 5.69 Å². The molecule has 2 rings (SSSR count). The molecule has 5 nitrogen and oxygen atoms in total. The van der Waals surface area contributed by atoms with Crippen LogP contribution in [0.2, 0.25) is 0 Å². The van der Waals surface area contributed by atoms with Gasteiger partial charge in [0.2, 0.25) is 0 Å². The van der Waals surface area contributed by atoms with Gasteiger partial charge in [-0.15, -0.1) is 0 Å². The molecule has 2 heterocycles. The number of imidazole rings is 1. The second kappa shape index (κ2) is 4.18. The first kappa shape index (κ1) is 11.6. The minimum atomic E-state index is -0.949. The molecule has 0 unspecified atom stereocenters. The Hall–Kier alpha value is -1.88. The van der Waals surface area contributed by atoms with E-state index < -0.39 is 11.5 Å². The van der Waals surface area contributed by atoms with Crippen molar-refractivity contribution < 1.29 is 9.90 Å². The molecule has 0 fully saturated rings. The summed E-state index contributed by atoms with van der Waals surface area (Å²) in [5, 5.41) is 11.9. The summed E-state index contributed by atoms with van der Waals surface area (Å²) in [5.41, 5.74) is 0.735. The highest BCUT2D eigenvalue weighted by Gasteiger charge is 2.26. The summed E-state index contributed by atoms with van der Waals surface area (Å²) >= 11 is 0. The van der Waals surface area contributed by atoms with Gasteiger partial charge < -0.3 is 9.51 Å². The molecule has 0 spiro atoms. The van der Waals surface area contributed by atoms with E-state index in [1.807, 2.05) is 35.0 Å². The molecule has 0 saturated heterocycles. The van der Waals surface area contributed by atoms with E-state index in [1.165, 1.54) is 0 Å². The second-order valence-corrected chi connectivity index (χ2v) is 4.48. The number of aliphatic carboxylic acids is 1. The molecule has 2 N–H and O–H groups in total. The van der Waals surface area contributed by atoms with Gasteiger partial charge in [-0.2, -0.15) is 0 Å². The molecule has 17 heavy (non-hydrogen) atoms. The van der Waals surface area contributed by atoms with Crippen molar-refractivity contribution in [3.63, 3.8) is 0 Å². The Balaban J connectivity index is 2.12. The molecule has 0 aliphatic rings. The van der Waals surface area contributed by atoms with Crippen molar-refractivity contribution in [3.8, 4) is 0 Å². The van der Waals surface area contributed by atoms with E-state index in [0.29, 0.717) is 6.54 Å². The van der Waals surface area contributed by atoms with E-state index in [9.17, 15) is 4.79 Å². The van der Waals surface area contributed by atoms with Gasteiger partial charge in [0.15, 0.2) is 0 Å². The van der Waals surface area contributed by atoms with Crippen molar-refractivity contribution in [2.24, 2.45) is 0 Å². The van der Waals surface area contributed by atoms with Crippen LogP contribution in [0, 0.1) is 0 Å². The lowest BCUT2D eigenvalue weighted by Crippen LogP contribution is -2.46. The number of nitrogens with zero attached hydrogens (tertiary/aromatic N) is 2. The van der Waals surface area contributed by atoms with Crippen LogP contribution in [-0.4, -0.2) is 26.0 Å². The topological polar surface area (TPSA) is 66.6 Å². The first-order valence-corrected chi connectivity index (χ1v) is 5.40. The number of fused-ring (bicyclic) bond motifs is 1. The number of rotatable bonds is 4. The molecule has 90 valence electrons. The largest absolute Gasteiger partial charge is 0.480 e. The van der Waals surface area contributed by atoms with Crippen molar-refractivity contribution in [1.82, 2.24) is 14.7 Å². The quantitative estimate of drug-likeness (QED) is 0.835. The molecule has 0 bridgehead atoms. The summed E-state index contributed by atoms with van der Waals surface area (Å²) in [5.74, 6) is -0.874. The normalized spacial score (nSPS) is 11.9. The summed E-state index contributed by atoms with van der Waals surface area (Å²) in [6.45, 7) is 3.69. The van der Waals surface area contributed by atoms with Gasteiger partial charge in [-0.25, -0.2) is 4.98 Å². The lowest BCUT2D eigenvalue weighted by Gasteiger charge is -2.20. The van der Waals surface area contributed by atoms with Gasteiger partial charge in [-0.1, -0.05) is 6.07 Å². The third kappa shape index (κ3) is 2.45. The fourth-order valence-corrected chi connectivity index (χ4v) is 1.46. The first-order chi connectivity index (χ1) is 7.99. The van der Waals surface area contributed by atoms with Crippen LogP contribution in [0.1, 0.15) is 19.5 Å². The molecule has 5 heteroatoms. The minimum Gasteiger partial charge on any atom is -0.480 e. The van der Waals surface area contributed by atoms with Crippen molar-refractivity contribution in [3.05, 3.63) is 36.3 Å². The van der Waals surface area contributed by atoms with E-state index in [0.717, 1.165) is 11.3 Å². The molecule has 2 aromatic heterocycles. The Labute approximate surface area is 99.1 Å². The summed E-state index contributed by atoms with van der Waals surface area (Å²) in [6.07, 6.45) is 3.80. The average molecular weight is 233 g/mol. The van der Waals surface area contributed by atoms with E-state index in [1.54, 1.807) is 13.8 Å². The van der Waals surface area contributed by atoms with Crippen molar-refractivity contribution in [2.45, 2.75) is 25.9 Å². The maximum absolute atomic E-state index is 10.9. The van der Waals surface area contributed by atoms with Crippen LogP contribution in [0.25, 0.3) is 5.65 Å². The Kier molecular flexibility index (Phi) is 2.85. The van der Waals surface area contributed by atoms with Crippen LogP contribution in [0.4, 0.5) is 0 Å². The van der Waals surface area contributed by atoms with Crippen molar-refractivity contribution in [2.75, 3.05) is 0 Å². The zero-order valence-electron chi connectivity index (χ0n) is 9.84. The maximum atomic E-state index is 10.9. The number of hydrogen-bond donors (Lipinski definition) is 2. The fraction of sp³-hybridized carbons (Fsp3) is 0.333. The van der Waals surface area contributed by atoms with Gasteiger partial charge in [-0.3, -0.25) is 10.1 Å². The van der Waals surface area contributed by atoms with Crippen LogP contribution in [0.3, 0.4) is 0 Å². The molecule has 0 radical (unpaired) electrons. The van der Waals surface area contributed by atoms with E-state index in [4.69, 9.17) is 5.11 Å². The van der Waals surface area contributed by atoms with Crippen LogP contribution in [-0.2, 0) is 11.3 Å². The zero-order valence-corrected chi connectivity index (χ0v) is 9.84. The Morgan fingerprint density at radius 3 is 2.94 bits per heavy atom. The number of pyridine rings is 1. The summed E-state index contributed by atoms with van der Waals surface area (Å²) in [7, 11) is 0. The Morgan fingerprint density at radius 1 is 1.53 bits per heavy atom. The highest BCUT2D eigenvalue weighted by atomic mass is 16.4. The van der Waals surface area contributed by atoms with Crippen LogP contribution in [0.15, 0.2) is 30.6 Å². The summed E-state index contributed by atoms with van der Waals surface area (Å²) < 4.78 is 1.91. The second-order valence-electron chi connectivity index (χ2n) is 4.48. The smallest absolute Gasteiger partial charge is 0.323 e. The Morgan fingerprint density at radius 2 is 2.29 bits per heavy atom. The lowest BCUT2D eigenvalue weighted by molar-refractivity contribution is -0.143. The zero-order chi connectivity index (χ0) is 12.5. The number of aromatic nitrogens is 2. The fourth-order valence-electron chi connectivity index (χ4n) is 1.46.